The molecule has 2 rings (SSSR count). The lowest BCUT2D eigenvalue weighted by Gasteiger charge is -2.32. The zero-order chi connectivity index (χ0) is 19.3. The fraction of sp³-hybridized carbons (Fsp3) is 0.750. The van der Waals surface area contributed by atoms with Crippen molar-refractivity contribution in [2.24, 2.45) is 10.9 Å². The maximum absolute atomic E-state index is 5.10. The maximum atomic E-state index is 5.10. The van der Waals surface area contributed by atoms with Gasteiger partial charge in [0.2, 0.25) is 0 Å². The molecule has 6 nitrogen and oxygen atoms in total. The molecular formula is C20H37N5OS. The zero-order valence-corrected chi connectivity index (χ0v) is 18.1. The number of hydrogen-bond donors (Lipinski definition) is 2. The highest BCUT2D eigenvalue weighted by Gasteiger charge is 2.19. The normalized spacial score (nSPS) is 16.8. The first-order chi connectivity index (χ1) is 13.2. The summed E-state index contributed by atoms with van der Waals surface area (Å²) in [6, 6.07) is 4.38. The Kier molecular flexibility index (Phi) is 10.7. The number of piperidine rings is 1. The van der Waals surface area contributed by atoms with E-state index in [-0.39, 0.29) is 0 Å². The van der Waals surface area contributed by atoms with Crippen molar-refractivity contribution in [3.05, 3.63) is 22.4 Å². The van der Waals surface area contributed by atoms with Crippen LogP contribution in [-0.4, -0.2) is 82.8 Å². The fourth-order valence-electron chi connectivity index (χ4n) is 3.39. The lowest BCUT2D eigenvalue weighted by molar-refractivity contribution is 0.179. The van der Waals surface area contributed by atoms with Gasteiger partial charge < -0.3 is 20.3 Å². The van der Waals surface area contributed by atoms with Gasteiger partial charge in [0, 0.05) is 58.4 Å². The molecule has 0 saturated carbocycles. The van der Waals surface area contributed by atoms with E-state index in [0.717, 1.165) is 57.6 Å². The van der Waals surface area contributed by atoms with Crippen molar-refractivity contribution in [3.8, 4) is 0 Å². The molecular weight excluding hydrogens is 358 g/mol. The van der Waals surface area contributed by atoms with E-state index in [4.69, 9.17) is 4.74 Å². The number of nitrogens with zero attached hydrogens (tertiary/aromatic N) is 3. The third-order valence-corrected chi connectivity index (χ3v) is 5.98. The largest absolute Gasteiger partial charge is 0.385 e. The molecule has 1 aromatic rings. The smallest absolute Gasteiger partial charge is 0.191 e. The summed E-state index contributed by atoms with van der Waals surface area (Å²) in [7, 11) is 5.75. The molecule has 0 unspecified atom stereocenters. The average Bonchev–Trinajstić information content (AvgIpc) is 3.19. The van der Waals surface area contributed by atoms with E-state index >= 15 is 0 Å². The van der Waals surface area contributed by atoms with E-state index in [1.54, 1.807) is 7.11 Å². The highest BCUT2D eigenvalue weighted by atomic mass is 32.1. The number of rotatable bonds is 11. The Labute approximate surface area is 169 Å². The van der Waals surface area contributed by atoms with E-state index in [1.165, 1.54) is 30.8 Å². The number of thiophene rings is 1. The maximum Gasteiger partial charge on any atom is 0.191 e. The molecule has 0 atom stereocenters. The first-order valence-corrected chi connectivity index (χ1v) is 11.0. The van der Waals surface area contributed by atoms with Crippen molar-refractivity contribution in [2.45, 2.75) is 25.8 Å². The molecule has 2 heterocycles. The lowest BCUT2D eigenvalue weighted by Crippen LogP contribution is -2.44. The molecule has 1 aromatic heterocycles. The highest BCUT2D eigenvalue weighted by Crippen LogP contribution is 2.20. The van der Waals surface area contributed by atoms with Crippen molar-refractivity contribution >= 4 is 17.3 Å². The van der Waals surface area contributed by atoms with Crippen molar-refractivity contribution < 1.29 is 4.74 Å². The zero-order valence-electron chi connectivity index (χ0n) is 17.2. The van der Waals surface area contributed by atoms with Gasteiger partial charge in [0.25, 0.3) is 0 Å². The van der Waals surface area contributed by atoms with Gasteiger partial charge in [-0.15, -0.1) is 11.3 Å². The van der Waals surface area contributed by atoms with Gasteiger partial charge in [0.15, 0.2) is 5.96 Å². The minimum atomic E-state index is 0.736. The average molecular weight is 396 g/mol. The topological polar surface area (TPSA) is 52.1 Å². The number of aliphatic imine (C=N–C) groups is 1. The molecule has 7 heteroatoms. The molecule has 27 heavy (non-hydrogen) atoms. The number of nitrogens with one attached hydrogen (secondary N) is 2. The van der Waals surface area contributed by atoms with Gasteiger partial charge in [0.05, 0.1) is 0 Å². The molecule has 154 valence electrons. The minimum Gasteiger partial charge on any atom is -0.385 e. The third-order valence-electron chi connectivity index (χ3n) is 5.12. The van der Waals surface area contributed by atoms with Gasteiger partial charge >= 0.3 is 0 Å². The van der Waals surface area contributed by atoms with Crippen molar-refractivity contribution in [2.75, 3.05) is 67.1 Å². The first-order valence-electron chi connectivity index (χ1n) is 10.1. The second-order valence-corrected chi connectivity index (χ2v) is 8.36. The van der Waals surface area contributed by atoms with Crippen LogP contribution < -0.4 is 10.6 Å². The van der Waals surface area contributed by atoms with Gasteiger partial charge in [-0.3, -0.25) is 9.89 Å². The molecule has 0 radical (unpaired) electrons. The SMILES string of the molecule is CN=C(NCCN(C)CCCOC)NCC1CCN(Cc2cccs2)CC1. The molecule has 0 bridgehead atoms. The number of guanidine groups is 1. The van der Waals surface area contributed by atoms with E-state index in [9.17, 15) is 0 Å². The molecule has 2 N–H and O–H groups in total. The number of hydrogen-bond acceptors (Lipinski definition) is 5. The summed E-state index contributed by atoms with van der Waals surface area (Å²) in [5.74, 6) is 1.65. The Balaban J connectivity index is 1.55. The first kappa shape index (κ1) is 22.1. The van der Waals surface area contributed by atoms with Crippen LogP contribution in [0.1, 0.15) is 24.1 Å². The van der Waals surface area contributed by atoms with Gasteiger partial charge in [-0.25, -0.2) is 0 Å². The van der Waals surface area contributed by atoms with Gasteiger partial charge in [0.1, 0.15) is 0 Å². The van der Waals surface area contributed by atoms with Crippen LogP contribution in [0.4, 0.5) is 0 Å². The van der Waals surface area contributed by atoms with Crippen LogP contribution in [0.15, 0.2) is 22.5 Å². The van der Waals surface area contributed by atoms with Crippen molar-refractivity contribution in [1.82, 2.24) is 20.4 Å². The van der Waals surface area contributed by atoms with Crippen LogP contribution >= 0.6 is 11.3 Å². The molecule has 0 amide bonds. The van der Waals surface area contributed by atoms with Crippen LogP contribution in [0.5, 0.6) is 0 Å². The van der Waals surface area contributed by atoms with Crippen LogP contribution in [0.2, 0.25) is 0 Å². The van der Waals surface area contributed by atoms with Crippen LogP contribution in [0.25, 0.3) is 0 Å². The number of ether oxygens (including phenoxy) is 1. The monoisotopic (exact) mass is 395 g/mol. The van der Waals surface area contributed by atoms with Gasteiger partial charge in [-0.1, -0.05) is 6.07 Å². The summed E-state index contributed by atoms with van der Waals surface area (Å²) < 4.78 is 5.10. The third kappa shape index (κ3) is 9.06. The van der Waals surface area contributed by atoms with Crippen molar-refractivity contribution in [3.63, 3.8) is 0 Å². The summed E-state index contributed by atoms with van der Waals surface area (Å²) in [5, 5.41) is 9.10. The quantitative estimate of drug-likeness (QED) is 0.341. The molecule has 1 fully saturated rings. The summed E-state index contributed by atoms with van der Waals surface area (Å²) in [6.45, 7) is 8.31. The Bertz CT molecular complexity index is 514. The van der Waals surface area contributed by atoms with Crippen LogP contribution in [-0.2, 0) is 11.3 Å². The van der Waals surface area contributed by atoms with Gasteiger partial charge in [-0.05, 0) is 56.8 Å². The van der Waals surface area contributed by atoms with E-state index < -0.39 is 0 Å². The molecule has 0 spiro atoms. The number of likely N-dealkylation sites (tertiary alicyclic amines) is 1. The lowest BCUT2D eigenvalue weighted by atomic mass is 9.97. The Morgan fingerprint density at radius 3 is 2.81 bits per heavy atom. The molecule has 0 aliphatic carbocycles. The molecule has 1 aliphatic rings. The summed E-state index contributed by atoms with van der Waals surface area (Å²) in [6.07, 6.45) is 3.60. The van der Waals surface area contributed by atoms with Gasteiger partial charge in [-0.2, -0.15) is 0 Å². The van der Waals surface area contributed by atoms with Crippen LogP contribution in [0, 0.1) is 5.92 Å². The molecule has 0 aromatic carbocycles. The summed E-state index contributed by atoms with van der Waals surface area (Å²) in [4.78, 5) is 10.7. The predicted molar refractivity (Wildman–Crippen MR) is 116 cm³/mol. The van der Waals surface area contributed by atoms with E-state index in [0.29, 0.717) is 0 Å². The Morgan fingerprint density at radius 1 is 1.33 bits per heavy atom. The summed E-state index contributed by atoms with van der Waals surface area (Å²) in [5.41, 5.74) is 0. The molecule has 1 saturated heterocycles. The van der Waals surface area contributed by atoms with Crippen molar-refractivity contribution in [1.29, 1.82) is 0 Å². The second-order valence-electron chi connectivity index (χ2n) is 7.33. The Morgan fingerprint density at radius 2 is 2.15 bits per heavy atom. The second kappa shape index (κ2) is 13.1. The standard InChI is InChI=1S/C20H37N5OS/c1-21-20(22-9-13-24(2)10-5-14-26-3)23-16-18-7-11-25(12-8-18)17-19-6-4-15-27-19/h4,6,15,18H,5,7-14,16-17H2,1-3H3,(H2,21,22,23). The van der Waals surface area contributed by atoms with Crippen LogP contribution in [0.3, 0.4) is 0 Å². The number of likely N-dealkylation sites (N-methyl/N-ethyl adjacent to an activating group) is 1. The summed E-state index contributed by atoms with van der Waals surface area (Å²) >= 11 is 1.86. The Hall–Kier alpha value is -1.15. The van der Waals surface area contributed by atoms with E-state index in [1.807, 2.05) is 18.4 Å². The minimum absolute atomic E-state index is 0.736. The molecule has 1 aliphatic heterocycles. The fourth-order valence-corrected chi connectivity index (χ4v) is 4.14. The highest BCUT2D eigenvalue weighted by molar-refractivity contribution is 7.09. The predicted octanol–water partition coefficient (Wildman–Crippen LogP) is 2.09. The van der Waals surface area contributed by atoms with E-state index in [2.05, 4.69) is 50.0 Å². The number of methoxy groups -OCH3 is 1.